The maximum absolute atomic E-state index is 13.4. The van der Waals surface area contributed by atoms with E-state index < -0.39 is 0 Å². The van der Waals surface area contributed by atoms with Crippen molar-refractivity contribution in [1.29, 1.82) is 0 Å². The third kappa shape index (κ3) is 6.82. The molecule has 1 aromatic heterocycles. The first-order valence-corrected chi connectivity index (χ1v) is 12.4. The van der Waals surface area contributed by atoms with E-state index >= 15 is 0 Å². The summed E-state index contributed by atoms with van der Waals surface area (Å²) in [5, 5.41) is 5.25. The van der Waals surface area contributed by atoms with Crippen LogP contribution in [0.15, 0.2) is 47.8 Å². The van der Waals surface area contributed by atoms with Crippen LogP contribution in [0.2, 0.25) is 0 Å². The number of rotatable bonds is 9. The molecule has 5 nitrogen and oxygen atoms in total. The van der Waals surface area contributed by atoms with Gasteiger partial charge in [-0.1, -0.05) is 55.7 Å². The van der Waals surface area contributed by atoms with Gasteiger partial charge in [0.25, 0.3) is 0 Å². The van der Waals surface area contributed by atoms with Gasteiger partial charge in [-0.15, -0.1) is 11.3 Å². The highest BCUT2D eigenvalue weighted by atomic mass is 32.1. The number of hydrogen-bond donors (Lipinski definition) is 1. The smallest absolute Gasteiger partial charge is 0.318 e. The zero-order valence-electron chi connectivity index (χ0n) is 18.2. The van der Waals surface area contributed by atoms with Crippen molar-refractivity contribution in [3.05, 3.63) is 58.3 Å². The lowest BCUT2D eigenvalue weighted by molar-refractivity contribution is -0.133. The van der Waals surface area contributed by atoms with Crippen LogP contribution in [0.1, 0.15) is 55.4 Å². The molecule has 0 spiro atoms. The van der Waals surface area contributed by atoms with Crippen LogP contribution in [0.3, 0.4) is 0 Å². The summed E-state index contributed by atoms with van der Waals surface area (Å²) in [5.74, 6) is 0.557. The third-order valence-corrected chi connectivity index (χ3v) is 7.08. The van der Waals surface area contributed by atoms with Crippen molar-refractivity contribution in [2.45, 2.75) is 64.1 Å². The highest BCUT2D eigenvalue weighted by Crippen LogP contribution is 2.30. The second-order valence-electron chi connectivity index (χ2n) is 8.92. The van der Waals surface area contributed by atoms with Gasteiger partial charge >= 0.3 is 6.03 Å². The Balaban J connectivity index is 1.43. The number of amides is 3. The van der Waals surface area contributed by atoms with Crippen LogP contribution in [0.4, 0.5) is 4.79 Å². The Kier molecular flexibility index (Phi) is 7.62. The molecular formula is C25H33N3O2S. The normalized spacial score (nSPS) is 16.6. The van der Waals surface area contributed by atoms with Gasteiger partial charge in [-0.25, -0.2) is 4.79 Å². The summed E-state index contributed by atoms with van der Waals surface area (Å²) in [6.45, 7) is 1.96. The van der Waals surface area contributed by atoms with E-state index in [4.69, 9.17) is 0 Å². The molecule has 0 atom stereocenters. The molecule has 2 aromatic rings. The lowest BCUT2D eigenvalue weighted by Gasteiger charge is -2.30. The molecular weight excluding hydrogens is 406 g/mol. The topological polar surface area (TPSA) is 52.7 Å². The maximum atomic E-state index is 13.4. The van der Waals surface area contributed by atoms with E-state index in [0.717, 1.165) is 36.1 Å². The summed E-state index contributed by atoms with van der Waals surface area (Å²) in [6, 6.07) is 14.4. The number of thiophene rings is 1. The molecule has 2 aliphatic carbocycles. The number of carbonyl (C=O) groups is 2. The predicted molar refractivity (Wildman–Crippen MR) is 125 cm³/mol. The van der Waals surface area contributed by atoms with Gasteiger partial charge in [-0.3, -0.25) is 4.79 Å². The molecule has 166 valence electrons. The molecule has 0 unspecified atom stereocenters. The van der Waals surface area contributed by atoms with Crippen molar-refractivity contribution in [3.63, 3.8) is 0 Å². The van der Waals surface area contributed by atoms with E-state index in [2.05, 4.69) is 11.4 Å². The van der Waals surface area contributed by atoms with Gasteiger partial charge in [0.15, 0.2) is 0 Å². The standard InChI is InChI=1S/C25H33N3O2S/c29-24(27(18-23-12-7-15-31-23)16-20-8-3-1-4-9-20)19-28(17-21-13-14-21)25(30)26-22-10-5-2-6-11-22/h1,3-4,7-9,12,15,21-22H,2,5-6,10-11,13-14,16-19H2,(H,26,30). The zero-order chi connectivity index (χ0) is 21.5. The van der Waals surface area contributed by atoms with Gasteiger partial charge < -0.3 is 15.1 Å². The second kappa shape index (κ2) is 10.8. The van der Waals surface area contributed by atoms with Gasteiger partial charge in [0, 0.05) is 24.0 Å². The van der Waals surface area contributed by atoms with Crippen LogP contribution in [-0.4, -0.2) is 40.9 Å². The SMILES string of the molecule is O=C(CN(CC1CC1)C(=O)NC1CCCCC1)N(Cc1ccccc1)Cc1cccs1. The maximum Gasteiger partial charge on any atom is 0.318 e. The second-order valence-corrected chi connectivity index (χ2v) is 9.96. The number of carbonyl (C=O) groups excluding carboxylic acids is 2. The first-order valence-electron chi connectivity index (χ1n) is 11.6. The minimum absolute atomic E-state index is 0.0108. The fraction of sp³-hybridized carbons (Fsp3) is 0.520. The van der Waals surface area contributed by atoms with Crippen LogP contribution in [-0.2, 0) is 17.9 Å². The fourth-order valence-electron chi connectivity index (χ4n) is 4.23. The summed E-state index contributed by atoms with van der Waals surface area (Å²) in [5.41, 5.74) is 1.10. The Hall–Kier alpha value is -2.34. The molecule has 31 heavy (non-hydrogen) atoms. The van der Waals surface area contributed by atoms with Crippen molar-refractivity contribution in [3.8, 4) is 0 Å². The Morgan fingerprint density at radius 1 is 0.903 bits per heavy atom. The number of nitrogens with zero attached hydrogens (tertiary/aromatic N) is 2. The molecule has 4 rings (SSSR count). The number of hydrogen-bond acceptors (Lipinski definition) is 3. The Morgan fingerprint density at radius 2 is 1.68 bits per heavy atom. The zero-order valence-corrected chi connectivity index (χ0v) is 19.0. The Morgan fingerprint density at radius 3 is 2.35 bits per heavy atom. The van der Waals surface area contributed by atoms with E-state index in [0.29, 0.717) is 25.6 Å². The van der Waals surface area contributed by atoms with Crippen molar-refractivity contribution < 1.29 is 9.59 Å². The molecule has 0 radical (unpaired) electrons. The fourth-order valence-corrected chi connectivity index (χ4v) is 4.95. The van der Waals surface area contributed by atoms with E-state index in [1.165, 1.54) is 19.3 Å². The number of urea groups is 1. The molecule has 1 N–H and O–H groups in total. The van der Waals surface area contributed by atoms with Crippen molar-refractivity contribution in [2.75, 3.05) is 13.1 Å². The summed E-state index contributed by atoms with van der Waals surface area (Å²) in [4.78, 5) is 31.3. The molecule has 0 saturated heterocycles. The van der Waals surface area contributed by atoms with Gasteiger partial charge in [0.05, 0.1) is 6.54 Å². The highest BCUT2D eigenvalue weighted by molar-refractivity contribution is 7.09. The number of nitrogens with one attached hydrogen (secondary N) is 1. The first-order chi connectivity index (χ1) is 15.2. The molecule has 2 saturated carbocycles. The molecule has 6 heteroatoms. The molecule has 1 heterocycles. The summed E-state index contributed by atoms with van der Waals surface area (Å²) >= 11 is 1.66. The minimum Gasteiger partial charge on any atom is -0.335 e. The summed E-state index contributed by atoms with van der Waals surface area (Å²) in [7, 11) is 0. The van der Waals surface area contributed by atoms with Gasteiger partial charge in [-0.05, 0) is 48.6 Å². The third-order valence-electron chi connectivity index (χ3n) is 6.22. The predicted octanol–water partition coefficient (Wildman–Crippen LogP) is 5.03. The average molecular weight is 440 g/mol. The quantitative estimate of drug-likeness (QED) is 0.596. The average Bonchev–Trinajstić information content (AvgIpc) is 3.46. The van der Waals surface area contributed by atoms with Gasteiger partial charge in [0.2, 0.25) is 5.91 Å². The lowest BCUT2D eigenvalue weighted by Crippen LogP contribution is -2.50. The van der Waals surface area contributed by atoms with E-state index in [9.17, 15) is 9.59 Å². The van der Waals surface area contributed by atoms with Crippen molar-refractivity contribution in [1.82, 2.24) is 15.1 Å². The molecule has 2 fully saturated rings. The van der Waals surface area contributed by atoms with Gasteiger partial charge in [0.1, 0.15) is 6.54 Å². The number of benzene rings is 1. The van der Waals surface area contributed by atoms with E-state index in [1.54, 1.807) is 16.2 Å². The summed E-state index contributed by atoms with van der Waals surface area (Å²) < 4.78 is 0. The molecule has 2 aliphatic rings. The molecule has 1 aromatic carbocycles. The van der Waals surface area contributed by atoms with E-state index in [-0.39, 0.29) is 24.5 Å². The van der Waals surface area contributed by atoms with E-state index in [1.807, 2.05) is 46.7 Å². The minimum atomic E-state index is -0.0667. The van der Waals surface area contributed by atoms with Crippen molar-refractivity contribution >= 4 is 23.3 Å². The molecule has 0 bridgehead atoms. The van der Waals surface area contributed by atoms with Crippen LogP contribution >= 0.6 is 11.3 Å². The first kappa shape index (κ1) is 21.9. The van der Waals surface area contributed by atoms with Gasteiger partial charge in [-0.2, -0.15) is 0 Å². The molecule has 0 aliphatic heterocycles. The van der Waals surface area contributed by atoms with Crippen LogP contribution < -0.4 is 5.32 Å². The van der Waals surface area contributed by atoms with Crippen LogP contribution in [0.5, 0.6) is 0 Å². The molecule has 3 amide bonds. The Bertz CT molecular complexity index is 830. The highest BCUT2D eigenvalue weighted by Gasteiger charge is 2.30. The van der Waals surface area contributed by atoms with Crippen LogP contribution in [0.25, 0.3) is 0 Å². The van der Waals surface area contributed by atoms with Crippen molar-refractivity contribution in [2.24, 2.45) is 5.92 Å². The Labute approximate surface area is 189 Å². The monoisotopic (exact) mass is 439 g/mol. The summed E-state index contributed by atoms with van der Waals surface area (Å²) in [6.07, 6.45) is 8.03. The largest absolute Gasteiger partial charge is 0.335 e. The lowest BCUT2D eigenvalue weighted by atomic mass is 9.96. The van der Waals surface area contributed by atoms with Crippen LogP contribution in [0, 0.1) is 5.92 Å².